The Labute approximate surface area is 149 Å². The predicted octanol–water partition coefficient (Wildman–Crippen LogP) is 6.11. The van der Waals surface area contributed by atoms with Crippen LogP contribution in [0, 0.1) is 0 Å². The van der Waals surface area contributed by atoms with Crippen LogP contribution in [0.3, 0.4) is 0 Å². The quantitative estimate of drug-likeness (QED) is 0.322. The van der Waals surface area contributed by atoms with Gasteiger partial charge in [0.05, 0.1) is 6.54 Å². The maximum Gasteiger partial charge on any atom is 0.174 e. The molecule has 4 nitrogen and oxygen atoms in total. The van der Waals surface area contributed by atoms with E-state index in [-0.39, 0.29) is 0 Å². The van der Waals surface area contributed by atoms with E-state index in [4.69, 9.17) is 0 Å². The molecular weight excluding hydrogens is 296 g/mol. The second-order valence-corrected chi connectivity index (χ2v) is 7.10. The van der Waals surface area contributed by atoms with Crippen LogP contribution in [0.1, 0.15) is 116 Å². The van der Waals surface area contributed by atoms with Crippen LogP contribution >= 0.6 is 0 Å². The van der Waals surface area contributed by atoms with Gasteiger partial charge >= 0.3 is 0 Å². The maximum atomic E-state index is 4.33. The van der Waals surface area contributed by atoms with E-state index in [0.29, 0.717) is 0 Å². The van der Waals surface area contributed by atoms with Gasteiger partial charge in [-0.1, -0.05) is 104 Å². The van der Waals surface area contributed by atoms with Gasteiger partial charge < -0.3 is 0 Å². The van der Waals surface area contributed by atoms with Gasteiger partial charge in [0.2, 0.25) is 0 Å². The van der Waals surface area contributed by atoms with E-state index in [0.717, 1.165) is 18.8 Å². The first-order valence-electron chi connectivity index (χ1n) is 10.6. The van der Waals surface area contributed by atoms with Crippen LogP contribution < -0.4 is 0 Å². The van der Waals surface area contributed by atoms with Gasteiger partial charge in [0.15, 0.2) is 5.82 Å². The molecule has 1 heterocycles. The Morgan fingerprint density at radius 1 is 0.625 bits per heavy atom. The third-order valence-electron chi connectivity index (χ3n) is 4.77. The van der Waals surface area contributed by atoms with Crippen LogP contribution in [0.15, 0.2) is 0 Å². The molecule has 140 valence electrons. The third kappa shape index (κ3) is 11.6. The van der Waals surface area contributed by atoms with Crippen LogP contribution in [0.5, 0.6) is 0 Å². The number of unbranched alkanes of at least 4 members (excludes halogenated alkanes) is 14. The van der Waals surface area contributed by atoms with Crippen LogP contribution in [0.2, 0.25) is 0 Å². The van der Waals surface area contributed by atoms with Gasteiger partial charge in [-0.25, -0.2) is 0 Å². The van der Waals surface area contributed by atoms with Gasteiger partial charge in [0.25, 0.3) is 0 Å². The van der Waals surface area contributed by atoms with Crippen LogP contribution in [-0.2, 0) is 13.0 Å². The van der Waals surface area contributed by atoms with E-state index in [1.165, 1.54) is 96.3 Å². The fourth-order valence-electron chi connectivity index (χ4n) is 3.14. The summed E-state index contributed by atoms with van der Waals surface area (Å²) in [4.78, 5) is 1.75. The van der Waals surface area contributed by atoms with Gasteiger partial charge in [0.1, 0.15) is 0 Å². The summed E-state index contributed by atoms with van der Waals surface area (Å²) in [7, 11) is 0. The molecule has 0 radical (unpaired) electrons. The normalized spacial score (nSPS) is 11.2. The Kier molecular flexibility index (Phi) is 13.7. The second kappa shape index (κ2) is 15.6. The van der Waals surface area contributed by atoms with Gasteiger partial charge in [-0.3, -0.25) is 0 Å². The fraction of sp³-hybridized carbons (Fsp3) is 0.950. The zero-order chi connectivity index (χ0) is 17.3. The van der Waals surface area contributed by atoms with Crippen molar-refractivity contribution in [3.63, 3.8) is 0 Å². The lowest BCUT2D eigenvalue weighted by Gasteiger charge is -2.03. The third-order valence-corrected chi connectivity index (χ3v) is 4.77. The average Bonchev–Trinajstić information content (AvgIpc) is 3.06. The topological polar surface area (TPSA) is 43.6 Å². The molecule has 1 aromatic rings. The van der Waals surface area contributed by atoms with Crippen molar-refractivity contribution in [2.75, 3.05) is 0 Å². The predicted molar refractivity (Wildman–Crippen MR) is 102 cm³/mol. The highest BCUT2D eigenvalue weighted by atomic mass is 15.6. The van der Waals surface area contributed by atoms with Crippen LogP contribution in [0.4, 0.5) is 0 Å². The average molecular weight is 337 g/mol. The lowest BCUT2D eigenvalue weighted by Crippen LogP contribution is -2.02. The molecular formula is C20H40N4. The maximum absolute atomic E-state index is 4.33. The molecule has 0 aliphatic heterocycles. The number of hydrogen-bond donors (Lipinski definition) is 0. The van der Waals surface area contributed by atoms with E-state index in [2.05, 4.69) is 29.3 Å². The SMILES string of the molecule is CCCCCCCCCCCCCCCCCn1nnc(CC)n1. The van der Waals surface area contributed by atoms with Crippen molar-refractivity contribution in [2.45, 2.75) is 123 Å². The number of hydrogen-bond acceptors (Lipinski definition) is 3. The Morgan fingerprint density at radius 2 is 1.08 bits per heavy atom. The van der Waals surface area contributed by atoms with Crippen molar-refractivity contribution in [3.05, 3.63) is 5.82 Å². The molecule has 0 spiro atoms. The highest BCUT2D eigenvalue weighted by molar-refractivity contribution is 4.73. The summed E-state index contributed by atoms with van der Waals surface area (Å²) in [6.07, 6.45) is 21.9. The van der Waals surface area contributed by atoms with E-state index >= 15 is 0 Å². The lowest BCUT2D eigenvalue weighted by atomic mass is 10.0. The Morgan fingerprint density at radius 3 is 1.50 bits per heavy atom. The Bertz CT molecular complexity index is 375. The molecule has 0 aromatic carbocycles. The summed E-state index contributed by atoms with van der Waals surface area (Å²) in [6, 6.07) is 0. The minimum absolute atomic E-state index is 0.857. The zero-order valence-corrected chi connectivity index (χ0v) is 16.3. The van der Waals surface area contributed by atoms with Crippen molar-refractivity contribution in [1.29, 1.82) is 0 Å². The van der Waals surface area contributed by atoms with Gasteiger partial charge in [-0.2, -0.15) is 4.80 Å². The Hall–Kier alpha value is -0.930. The molecule has 0 saturated heterocycles. The highest BCUT2D eigenvalue weighted by Crippen LogP contribution is 2.13. The molecule has 24 heavy (non-hydrogen) atoms. The molecule has 0 saturated carbocycles. The molecule has 0 atom stereocenters. The number of aryl methyl sites for hydroxylation is 2. The first-order chi connectivity index (χ1) is 11.9. The van der Waals surface area contributed by atoms with Crippen molar-refractivity contribution in [2.24, 2.45) is 0 Å². The number of rotatable bonds is 17. The molecule has 0 aliphatic carbocycles. The molecule has 0 N–H and O–H groups in total. The van der Waals surface area contributed by atoms with Gasteiger partial charge in [-0.05, 0) is 11.6 Å². The molecule has 0 unspecified atom stereocenters. The molecule has 0 aliphatic rings. The molecule has 1 rings (SSSR count). The lowest BCUT2D eigenvalue weighted by molar-refractivity contribution is 0.469. The summed E-state index contributed by atoms with van der Waals surface area (Å²) < 4.78 is 0. The zero-order valence-electron chi connectivity index (χ0n) is 16.3. The summed E-state index contributed by atoms with van der Waals surface area (Å²) in [5, 5.41) is 12.4. The van der Waals surface area contributed by atoms with Crippen molar-refractivity contribution in [3.8, 4) is 0 Å². The van der Waals surface area contributed by atoms with Crippen LogP contribution in [-0.4, -0.2) is 20.2 Å². The van der Waals surface area contributed by atoms with E-state index in [1.54, 1.807) is 4.80 Å². The minimum Gasteiger partial charge on any atom is -0.164 e. The first kappa shape index (κ1) is 21.1. The number of aromatic nitrogens is 4. The highest BCUT2D eigenvalue weighted by Gasteiger charge is 1.99. The summed E-state index contributed by atoms with van der Waals surface area (Å²) >= 11 is 0. The Balaban J connectivity index is 1.74. The number of tetrazole rings is 1. The van der Waals surface area contributed by atoms with E-state index < -0.39 is 0 Å². The summed E-state index contributed by atoms with van der Waals surface area (Å²) in [6.45, 7) is 5.27. The molecule has 4 heteroatoms. The van der Waals surface area contributed by atoms with Crippen molar-refractivity contribution >= 4 is 0 Å². The molecule has 0 fully saturated rings. The second-order valence-electron chi connectivity index (χ2n) is 7.10. The minimum atomic E-state index is 0.857. The van der Waals surface area contributed by atoms with E-state index in [9.17, 15) is 0 Å². The van der Waals surface area contributed by atoms with Crippen molar-refractivity contribution < 1.29 is 0 Å². The smallest absolute Gasteiger partial charge is 0.164 e. The molecule has 0 bridgehead atoms. The first-order valence-corrected chi connectivity index (χ1v) is 10.6. The standard InChI is InChI=1S/C20H40N4/c1-3-5-6-7-8-9-10-11-12-13-14-15-16-17-18-19-24-22-20(4-2)21-23-24/h3-19H2,1-2H3. The van der Waals surface area contributed by atoms with E-state index in [1.807, 2.05) is 0 Å². The largest absolute Gasteiger partial charge is 0.174 e. The summed E-state index contributed by atoms with van der Waals surface area (Å²) in [5.74, 6) is 0.857. The molecule has 0 amide bonds. The fourth-order valence-corrected chi connectivity index (χ4v) is 3.14. The number of nitrogens with zero attached hydrogens (tertiary/aromatic N) is 4. The monoisotopic (exact) mass is 336 g/mol. The van der Waals surface area contributed by atoms with Crippen LogP contribution in [0.25, 0.3) is 0 Å². The van der Waals surface area contributed by atoms with Gasteiger partial charge in [0, 0.05) is 6.42 Å². The van der Waals surface area contributed by atoms with Gasteiger partial charge in [-0.15, -0.1) is 10.2 Å². The summed E-state index contributed by atoms with van der Waals surface area (Å²) in [5.41, 5.74) is 0. The van der Waals surface area contributed by atoms with Crippen molar-refractivity contribution in [1.82, 2.24) is 20.2 Å². The molecule has 1 aromatic heterocycles.